The van der Waals surface area contributed by atoms with Gasteiger partial charge >= 0.3 is 0 Å². The minimum Gasteiger partial charge on any atom is -0.341 e. The van der Waals surface area contributed by atoms with E-state index in [1.807, 2.05) is 24.3 Å². The maximum absolute atomic E-state index is 12.5. The highest BCUT2D eigenvalue weighted by Gasteiger charge is 2.50. The number of nitrogens with zero attached hydrogens (tertiary/aromatic N) is 1. The lowest BCUT2D eigenvalue weighted by molar-refractivity contribution is -0.134. The molecule has 136 valence electrons. The predicted molar refractivity (Wildman–Crippen MR) is 95.9 cm³/mol. The molecule has 2 amide bonds. The van der Waals surface area contributed by atoms with Crippen molar-refractivity contribution in [2.75, 3.05) is 23.9 Å². The number of sulfone groups is 1. The zero-order valence-electron chi connectivity index (χ0n) is 14.6. The Bertz CT molecular complexity index is 773. The molecule has 0 spiro atoms. The lowest BCUT2D eigenvalue weighted by atomic mass is 10.1. The molecule has 2 aliphatic rings. The zero-order chi connectivity index (χ0) is 18.2. The molecule has 1 aliphatic heterocycles. The molecule has 0 radical (unpaired) electrons. The van der Waals surface area contributed by atoms with Crippen LogP contribution in [0.3, 0.4) is 0 Å². The van der Waals surface area contributed by atoms with Crippen LogP contribution in [0.2, 0.25) is 0 Å². The smallest absolute Gasteiger partial charge is 0.228 e. The summed E-state index contributed by atoms with van der Waals surface area (Å²) in [7, 11) is -1.39. The van der Waals surface area contributed by atoms with Crippen molar-refractivity contribution in [1.29, 1.82) is 0 Å². The standard InChI is InChI=1S/C18H24N2O4S/c1-3-12-4-6-13(7-5-12)19-17(21)15-10-16(15)18(22)20(2)14-8-9-25(23,24)11-14/h4-7,14-16H,3,8-11H2,1-2H3,(H,19,21). The number of nitrogens with one attached hydrogen (secondary N) is 1. The summed E-state index contributed by atoms with van der Waals surface area (Å²) in [5.41, 5.74) is 1.93. The third kappa shape index (κ3) is 4.03. The molecule has 3 rings (SSSR count). The normalized spacial score (nSPS) is 26.9. The Hall–Kier alpha value is -1.89. The third-order valence-electron chi connectivity index (χ3n) is 5.18. The van der Waals surface area contributed by atoms with Crippen LogP contribution in [0.25, 0.3) is 0 Å². The lowest BCUT2D eigenvalue weighted by Gasteiger charge is -2.23. The van der Waals surface area contributed by atoms with Gasteiger partial charge in [-0.2, -0.15) is 0 Å². The van der Waals surface area contributed by atoms with E-state index in [0.717, 1.165) is 12.1 Å². The molecule has 1 saturated carbocycles. The van der Waals surface area contributed by atoms with Crippen LogP contribution in [0.1, 0.15) is 25.3 Å². The minimum absolute atomic E-state index is 0.0304. The van der Waals surface area contributed by atoms with Crippen molar-refractivity contribution in [2.24, 2.45) is 11.8 Å². The van der Waals surface area contributed by atoms with Gasteiger partial charge in [-0.15, -0.1) is 0 Å². The van der Waals surface area contributed by atoms with Gasteiger partial charge in [-0.3, -0.25) is 9.59 Å². The van der Waals surface area contributed by atoms with Gasteiger partial charge in [-0.05, 0) is 37.0 Å². The third-order valence-corrected chi connectivity index (χ3v) is 6.93. The van der Waals surface area contributed by atoms with Gasteiger partial charge in [-0.1, -0.05) is 19.1 Å². The van der Waals surface area contributed by atoms with Crippen LogP contribution in [-0.2, 0) is 25.8 Å². The summed E-state index contributed by atoms with van der Waals surface area (Å²) in [5.74, 6) is -0.749. The molecule has 1 aromatic rings. The van der Waals surface area contributed by atoms with Crippen LogP contribution in [-0.4, -0.2) is 49.7 Å². The Morgan fingerprint density at radius 3 is 2.44 bits per heavy atom. The first-order chi connectivity index (χ1) is 11.8. The van der Waals surface area contributed by atoms with E-state index in [1.165, 1.54) is 10.5 Å². The zero-order valence-corrected chi connectivity index (χ0v) is 15.4. The number of benzene rings is 1. The second-order valence-electron chi connectivity index (χ2n) is 6.99. The van der Waals surface area contributed by atoms with E-state index >= 15 is 0 Å². The molecule has 1 aromatic carbocycles. The molecule has 2 fully saturated rings. The average molecular weight is 364 g/mol. The first kappa shape index (κ1) is 17.9. The van der Waals surface area contributed by atoms with Crippen molar-refractivity contribution in [3.63, 3.8) is 0 Å². The number of rotatable bonds is 5. The largest absolute Gasteiger partial charge is 0.341 e. The summed E-state index contributed by atoms with van der Waals surface area (Å²) >= 11 is 0. The molecule has 0 aromatic heterocycles. The van der Waals surface area contributed by atoms with Crippen molar-refractivity contribution in [2.45, 2.75) is 32.2 Å². The number of aryl methyl sites for hydroxylation is 1. The summed E-state index contributed by atoms with van der Waals surface area (Å²) in [6.07, 6.45) is 1.95. The molecule has 1 aliphatic carbocycles. The maximum Gasteiger partial charge on any atom is 0.228 e. The number of anilines is 1. The highest BCUT2D eigenvalue weighted by atomic mass is 32.2. The molecule has 3 unspecified atom stereocenters. The molecule has 6 nitrogen and oxygen atoms in total. The Labute approximate surface area is 148 Å². The van der Waals surface area contributed by atoms with E-state index in [2.05, 4.69) is 12.2 Å². The van der Waals surface area contributed by atoms with Crippen molar-refractivity contribution in [3.05, 3.63) is 29.8 Å². The molecule has 3 atom stereocenters. The fourth-order valence-electron chi connectivity index (χ4n) is 3.34. The van der Waals surface area contributed by atoms with Gasteiger partial charge in [0, 0.05) is 18.8 Å². The molecule has 1 N–H and O–H groups in total. The summed E-state index contributed by atoms with van der Waals surface area (Å²) in [4.78, 5) is 26.3. The van der Waals surface area contributed by atoms with Gasteiger partial charge in [0.05, 0.1) is 23.3 Å². The number of carbonyl (C=O) groups is 2. The average Bonchev–Trinajstić information content (AvgIpc) is 3.31. The van der Waals surface area contributed by atoms with Crippen LogP contribution < -0.4 is 5.32 Å². The fraction of sp³-hybridized carbons (Fsp3) is 0.556. The Morgan fingerprint density at radius 2 is 1.88 bits per heavy atom. The molecule has 1 heterocycles. The molecular formula is C18H24N2O4S. The maximum atomic E-state index is 12.5. The predicted octanol–water partition coefficient (Wildman–Crippen LogP) is 1.47. The van der Waals surface area contributed by atoms with E-state index < -0.39 is 9.84 Å². The summed E-state index contributed by atoms with van der Waals surface area (Å²) in [5, 5.41) is 2.86. The van der Waals surface area contributed by atoms with Crippen molar-refractivity contribution >= 4 is 27.3 Å². The highest BCUT2D eigenvalue weighted by Crippen LogP contribution is 2.41. The molecular weight excluding hydrogens is 340 g/mol. The topological polar surface area (TPSA) is 83.6 Å². The summed E-state index contributed by atoms with van der Waals surface area (Å²) in [6.45, 7) is 2.07. The van der Waals surface area contributed by atoms with E-state index in [1.54, 1.807) is 7.05 Å². The summed E-state index contributed by atoms with van der Waals surface area (Å²) in [6, 6.07) is 7.42. The molecule has 25 heavy (non-hydrogen) atoms. The van der Waals surface area contributed by atoms with Crippen LogP contribution in [0, 0.1) is 11.8 Å². The fourth-order valence-corrected chi connectivity index (χ4v) is 5.11. The van der Waals surface area contributed by atoms with Crippen molar-refractivity contribution in [1.82, 2.24) is 4.90 Å². The Balaban J connectivity index is 1.54. The van der Waals surface area contributed by atoms with Crippen molar-refractivity contribution in [3.8, 4) is 0 Å². The van der Waals surface area contributed by atoms with E-state index in [4.69, 9.17) is 0 Å². The summed E-state index contributed by atoms with van der Waals surface area (Å²) < 4.78 is 23.1. The van der Waals surface area contributed by atoms with Gasteiger partial charge in [0.2, 0.25) is 11.8 Å². The second kappa shape index (κ2) is 6.78. The van der Waals surface area contributed by atoms with Crippen molar-refractivity contribution < 1.29 is 18.0 Å². The Morgan fingerprint density at radius 1 is 1.20 bits per heavy atom. The van der Waals surface area contributed by atoms with Crippen LogP contribution in [0.15, 0.2) is 24.3 Å². The minimum atomic E-state index is -3.03. The van der Waals surface area contributed by atoms with E-state index in [0.29, 0.717) is 12.8 Å². The second-order valence-corrected chi connectivity index (χ2v) is 9.22. The highest BCUT2D eigenvalue weighted by molar-refractivity contribution is 7.91. The van der Waals surface area contributed by atoms with E-state index in [9.17, 15) is 18.0 Å². The SMILES string of the molecule is CCc1ccc(NC(=O)C2CC2C(=O)N(C)C2CCS(=O)(=O)C2)cc1. The van der Waals surface area contributed by atoms with Gasteiger partial charge < -0.3 is 10.2 Å². The number of hydrogen-bond acceptors (Lipinski definition) is 4. The van der Waals surface area contributed by atoms with Crippen LogP contribution in [0.5, 0.6) is 0 Å². The number of carbonyl (C=O) groups excluding carboxylic acids is 2. The first-order valence-electron chi connectivity index (χ1n) is 8.67. The van der Waals surface area contributed by atoms with Gasteiger partial charge in [0.25, 0.3) is 0 Å². The lowest BCUT2D eigenvalue weighted by Crippen LogP contribution is -2.39. The van der Waals surface area contributed by atoms with Gasteiger partial charge in [0.1, 0.15) is 0 Å². The van der Waals surface area contributed by atoms with Gasteiger partial charge in [-0.25, -0.2) is 8.42 Å². The molecule has 0 bridgehead atoms. The van der Waals surface area contributed by atoms with E-state index in [-0.39, 0.29) is 41.2 Å². The van der Waals surface area contributed by atoms with Crippen LogP contribution >= 0.6 is 0 Å². The monoisotopic (exact) mass is 364 g/mol. The quantitative estimate of drug-likeness (QED) is 0.858. The first-order valence-corrected chi connectivity index (χ1v) is 10.5. The molecule has 7 heteroatoms. The van der Waals surface area contributed by atoms with Crippen LogP contribution in [0.4, 0.5) is 5.69 Å². The number of hydrogen-bond donors (Lipinski definition) is 1. The Kier molecular flexibility index (Phi) is 4.86. The molecule has 1 saturated heterocycles. The number of amides is 2. The van der Waals surface area contributed by atoms with Gasteiger partial charge in [0.15, 0.2) is 9.84 Å².